The zero-order valence-corrected chi connectivity index (χ0v) is 13.8. The van der Waals surface area contributed by atoms with E-state index in [2.05, 4.69) is 34.5 Å². The van der Waals surface area contributed by atoms with Gasteiger partial charge >= 0.3 is 0 Å². The molecule has 0 aliphatic carbocycles. The topological polar surface area (TPSA) is 32.3 Å². The number of rotatable bonds is 1. The van der Waals surface area contributed by atoms with Gasteiger partial charge in [-0.2, -0.15) is 0 Å². The van der Waals surface area contributed by atoms with Crippen LogP contribution in [0.3, 0.4) is 0 Å². The molecule has 2 saturated heterocycles. The molecule has 3 aliphatic rings. The van der Waals surface area contributed by atoms with Gasteiger partial charge in [-0.15, -0.1) is 11.8 Å². The molecule has 0 radical (unpaired) electrons. The Kier molecular flexibility index (Phi) is 4.14. The number of hydrogen-bond acceptors (Lipinski definition) is 3. The van der Waals surface area contributed by atoms with Crippen molar-refractivity contribution in [2.24, 2.45) is 11.8 Å². The molecule has 4 rings (SSSR count). The molecule has 118 valence electrons. The number of carbonyl (C=O) groups is 1. The highest BCUT2D eigenvalue weighted by atomic mass is 32.2. The van der Waals surface area contributed by atoms with E-state index < -0.39 is 0 Å². The van der Waals surface area contributed by atoms with Gasteiger partial charge in [-0.05, 0) is 61.1 Å². The number of nitrogens with zero attached hydrogens (tertiary/aromatic N) is 1. The number of amides is 1. The van der Waals surface area contributed by atoms with Crippen molar-refractivity contribution in [1.29, 1.82) is 0 Å². The minimum Gasteiger partial charge on any atom is -0.341 e. The SMILES string of the molecule is O=C(C1SCCc2ccccc21)N1CC[C@@H]2CNC[C@@H]2CC1. The maximum absolute atomic E-state index is 13.1. The number of likely N-dealkylation sites (tertiary alicyclic amines) is 1. The number of thioether (sulfide) groups is 1. The zero-order chi connectivity index (χ0) is 14.9. The molecule has 2 fully saturated rings. The standard InChI is InChI=1S/C18H24N2OS/c21-18(17-16-4-2-1-3-13(16)7-10-22-17)20-8-5-14-11-19-12-15(14)6-9-20/h1-4,14-15,17,19H,5-12H2/t14-,15+,17?. The van der Waals surface area contributed by atoms with Crippen LogP contribution in [0, 0.1) is 11.8 Å². The summed E-state index contributed by atoms with van der Waals surface area (Å²) in [5, 5.41) is 3.53. The molecule has 1 aromatic carbocycles. The van der Waals surface area contributed by atoms with Crippen LogP contribution in [0.15, 0.2) is 24.3 Å². The van der Waals surface area contributed by atoms with Crippen LogP contribution in [-0.2, 0) is 11.2 Å². The Bertz CT molecular complexity index is 548. The van der Waals surface area contributed by atoms with Crippen molar-refractivity contribution in [2.45, 2.75) is 24.5 Å². The second kappa shape index (κ2) is 6.25. The molecule has 22 heavy (non-hydrogen) atoms. The summed E-state index contributed by atoms with van der Waals surface area (Å²) in [6.07, 6.45) is 3.44. The first-order chi connectivity index (χ1) is 10.8. The second-order valence-corrected chi connectivity index (χ2v) is 7.99. The van der Waals surface area contributed by atoms with Crippen LogP contribution in [-0.4, -0.2) is 42.7 Å². The van der Waals surface area contributed by atoms with Crippen LogP contribution >= 0.6 is 11.8 Å². The van der Waals surface area contributed by atoms with Crippen molar-refractivity contribution < 1.29 is 4.79 Å². The molecule has 3 nitrogen and oxygen atoms in total. The lowest BCUT2D eigenvalue weighted by Crippen LogP contribution is -2.36. The summed E-state index contributed by atoms with van der Waals surface area (Å²) in [5.41, 5.74) is 2.63. The van der Waals surface area contributed by atoms with Gasteiger partial charge in [0.2, 0.25) is 5.91 Å². The summed E-state index contributed by atoms with van der Waals surface area (Å²) in [6, 6.07) is 8.51. The van der Waals surface area contributed by atoms with Crippen LogP contribution in [0.5, 0.6) is 0 Å². The van der Waals surface area contributed by atoms with Gasteiger partial charge in [0.25, 0.3) is 0 Å². The molecular formula is C18H24N2OS. The maximum Gasteiger partial charge on any atom is 0.240 e. The molecule has 0 saturated carbocycles. The van der Waals surface area contributed by atoms with Gasteiger partial charge in [-0.3, -0.25) is 4.79 Å². The van der Waals surface area contributed by atoms with Crippen molar-refractivity contribution in [3.05, 3.63) is 35.4 Å². The largest absolute Gasteiger partial charge is 0.341 e. The summed E-state index contributed by atoms with van der Waals surface area (Å²) < 4.78 is 0. The van der Waals surface area contributed by atoms with E-state index in [0.29, 0.717) is 5.91 Å². The first-order valence-electron chi connectivity index (χ1n) is 8.52. The Balaban J connectivity index is 1.50. The fraction of sp³-hybridized carbons (Fsp3) is 0.611. The van der Waals surface area contributed by atoms with E-state index in [9.17, 15) is 4.79 Å². The third-order valence-corrected chi connectivity index (χ3v) is 6.78. The molecule has 1 unspecified atom stereocenters. The van der Waals surface area contributed by atoms with Gasteiger partial charge in [0, 0.05) is 13.1 Å². The first-order valence-corrected chi connectivity index (χ1v) is 9.57. The van der Waals surface area contributed by atoms with Gasteiger partial charge in [-0.1, -0.05) is 24.3 Å². The number of carbonyl (C=O) groups excluding carboxylic acids is 1. The van der Waals surface area contributed by atoms with E-state index in [1.54, 1.807) is 0 Å². The predicted octanol–water partition coefficient (Wildman–Crippen LogP) is 2.48. The Labute approximate surface area is 136 Å². The van der Waals surface area contributed by atoms with Crippen LogP contribution in [0.25, 0.3) is 0 Å². The summed E-state index contributed by atoms with van der Waals surface area (Å²) >= 11 is 1.83. The van der Waals surface area contributed by atoms with E-state index in [4.69, 9.17) is 0 Å². The van der Waals surface area contributed by atoms with E-state index in [-0.39, 0.29) is 5.25 Å². The zero-order valence-electron chi connectivity index (χ0n) is 13.0. The lowest BCUT2D eigenvalue weighted by Gasteiger charge is -2.30. The highest BCUT2D eigenvalue weighted by Crippen LogP contribution is 2.39. The van der Waals surface area contributed by atoms with E-state index in [0.717, 1.165) is 50.2 Å². The van der Waals surface area contributed by atoms with Crippen LogP contribution < -0.4 is 5.32 Å². The Morgan fingerprint density at radius 2 is 1.86 bits per heavy atom. The average Bonchev–Trinajstić information content (AvgIpc) is 2.92. The molecule has 1 amide bonds. The Morgan fingerprint density at radius 1 is 1.14 bits per heavy atom. The van der Waals surface area contributed by atoms with Crippen molar-refractivity contribution in [3.8, 4) is 0 Å². The van der Waals surface area contributed by atoms with E-state index >= 15 is 0 Å². The van der Waals surface area contributed by atoms with Crippen molar-refractivity contribution in [3.63, 3.8) is 0 Å². The van der Waals surface area contributed by atoms with Crippen LogP contribution in [0.4, 0.5) is 0 Å². The van der Waals surface area contributed by atoms with E-state index in [1.807, 2.05) is 11.8 Å². The van der Waals surface area contributed by atoms with Gasteiger partial charge in [0.15, 0.2) is 0 Å². The molecule has 0 spiro atoms. The molecule has 0 aromatic heterocycles. The van der Waals surface area contributed by atoms with Gasteiger partial charge in [-0.25, -0.2) is 0 Å². The summed E-state index contributed by atoms with van der Waals surface area (Å²) in [7, 11) is 0. The third-order valence-electron chi connectivity index (χ3n) is 5.55. The quantitative estimate of drug-likeness (QED) is 0.864. The molecule has 0 bridgehead atoms. The fourth-order valence-corrected chi connectivity index (χ4v) is 5.48. The van der Waals surface area contributed by atoms with Crippen molar-refractivity contribution >= 4 is 17.7 Å². The third kappa shape index (κ3) is 2.67. The number of nitrogens with one attached hydrogen (secondary N) is 1. The monoisotopic (exact) mass is 316 g/mol. The lowest BCUT2D eigenvalue weighted by atomic mass is 9.92. The van der Waals surface area contributed by atoms with Gasteiger partial charge < -0.3 is 10.2 Å². The first kappa shape index (κ1) is 14.6. The maximum atomic E-state index is 13.1. The highest BCUT2D eigenvalue weighted by molar-refractivity contribution is 8.00. The molecule has 3 heterocycles. The molecule has 1 N–H and O–H groups in total. The molecular weight excluding hydrogens is 292 g/mol. The van der Waals surface area contributed by atoms with Crippen LogP contribution in [0.1, 0.15) is 29.2 Å². The van der Waals surface area contributed by atoms with Crippen molar-refractivity contribution in [2.75, 3.05) is 31.9 Å². The minimum absolute atomic E-state index is 0.0287. The Morgan fingerprint density at radius 3 is 2.64 bits per heavy atom. The summed E-state index contributed by atoms with van der Waals surface area (Å²) in [4.78, 5) is 15.2. The average molecular weight is 316 g/mol. The van der Waals surface area contributed by atoms with E-state index in [1.165, 1.54) is 24.0 Å². The number of fused-ring (bicyclic) bond motifs is 2. The molecule has 3 aliphatic heterocycles. The smallest absolute Gasteiger partial charge is 0.240 e. The predicted molar refractivity (Wildman–Crippen MR) is 91.0 cm³/mol. The molecule has 4 heteroatoms. The highest BCUT2D eigenvalue weighted by Gasteiger charge is 2.35. The minimum atomic E-state index is 0.0287. The fourth-order valence-electron chi connectivity index (χ4n) is 4.20. The van der Waals surface area contributed by atoms with Gasteiger partial charge in [0.05, 0.1) is 0 Å². The molecule has 3 atom stereocenters. The number of aryl methyl sites for hydroxylation is 1. The van der Waals surface area contributed by atoms with Crippen LogP contribution in [0.2, 0.25) is 0 Å². The second-order valence-electron chi connectivity index (χ2n) is 6.78. The normalized spacial score (nSPS) is 31.3. The summed E-state index contributed by atoms with van der Waals surface area (Å²) in [6.45, 7) is 4.18. The Hall–Kier alpha value is -1.00. The summed E-state index contributed by atoms with van der Waals surface area (Å²) in [5.74, 6) is 2.98. The number of benzene rings is 1. The lowest BCUT2D eigenvalue weighted by molar-refractivity contribution is -0.130. The molecule has 1 aromatic rings. The van der Waals surface area contributed by atoms with Gasteiger partial charge in [0.1, 0.15) is 5.25 Å². The number of hydrogen-bond donors (Lipinski definition) is 1. The van der Waals surface area contributed by atoms with Crippen molar-refractivity contribution in [1.82, 2.24) is 10.2 Å².